The third-order valence-corrected chi connectivity index (χ3v) is 6.81. The number of hydrazine groups is 1. The lowest BCUT2D eigenvalue weighted by molar-refractivity contribution is 0.207. The molecule has 0 saturated carbocycles. The van der Waals surface area contributed by atoms with Crippen LogP contribution < -0.4 is 21.1 Å². The standard InChI is InChI=1S/C26H37FN6O/c1-32(13-7-10-23-17-24(31-30-23)21-8-6-9-22(27)16-21)26(34)29-19-20-11-12-25(28-18-20)33-14-4-2-3-5-15-33/h6,8-9,11-12,16,18,23-24,30-31H,2-5,7,10,13-15,17,19H2,1H3,(H,29,34). The van der Waals surface area contributed by atoms with E-state index in [1.807, 2.05) is 19.3 Å². The fourth-order valence-corrected chi connectivity index (χ4v) is 4.75. The van der Waals surface area contributed by atoms with Crippen LogP contribution in [0, 0.1) is 5.82 Å². The Morgan fingerprint density at radius 3 is 2.74 bits per heavy atom. The smallest absolute Gasteiger partial charge is 0.317 e. The SMILES string of the molecule is CN(CCCC1CC(c2cccc(F)c2)NN1)C(=O)NCc1ccc(N2CCCCCC2)nc1. The van der Waals surface area contributed by atoms with Crippen LogP contribution in [-0.4, -0.2) is 48.6 Å². The molecule has 8 heteroatoms. The van der Waals surface area contributed by atoms with Gasteiger partial charge in [0.15, 0.2) is 0 Å². The molecule has 7 nitrogen and oxygen atoms in total. The minimum absolute atomic E-state index is 0.0771. The Balaban J connectivity index is 1.14. The monoisotopic (exact) mass is 468 g/mol. The Kier molecular flexibility index (Phi) is 8.71. The summed E-state index contributed by atoms with van der Waals surface area (Å²) >= 11 is 0. The molecule has 0 radical (unpaired) electrons. The van der Waals surface area contributed by atoms with Crippen LogP contribution in [0.5, 0.6) is 0 Å². The third-order valence-electron chi connectivity index (χ3n) is 6.81. The molecule has 1 aromatic heterocycles. The maximum absolute atomic E-state index is 13.5. The van der Waals surface area contributed by atoms with Gasteiger partial charge in [-0.05, 0) is 61.4 Å². The van der Waals surface area contributed by atoms with Crippen molar-refractivity contribution in [2.75, 3.05) is 31.6 Å². The first kappa shape index (κ1) is 24.4. The van der Waals surface area contributed by atoms with Crippen molar-refractivity contribution in [2.45, 2.75) is 63.6 Å². The minimum atomic E-state index is -0.209. The largest absolute Gasteiger partial charge is 0.357 e. The van der Waals surface area contributed by atoms with E-state index in [0.29, 0.717) is 19.1 Å². The molecule has 4 rings (SSSR count). The number of benzene rings is 1. The van der Waals surface area contributed by atoms with Gasteiger partial charge in [0.2, 0.25) is 0 Å². The van der Waals surface area contributed by atoms with Crippen LogP contribution >= 0.6 is 0 Å². The van der Waals surface area contributed by atoms with Crippen LogP contribution in [0.3, 0.4) is 0 Å². The maximum Gasteiger partial charge on any atom is 0.317 e. The van der Waals surface area contributed by atoms with Crippen LogP contribution in [0.2, 0.25) is 0 Å². The second-order valence-electron chi connectivity index (χ2n) is 9.48. The summed E-state index contributed by atoms with van der Waals surface area (Å²) in [6.07, 6.45) is 9.67. The first-order chi connectivity index (χ1) is 16.6. The van der Waals surface area contributed by atoms with E-state index in [9.17, 15) is 9.18 Å². The van der Waals surface area contributed by atoms with Crippen LogP contribution in [0.25, 0.3) is 0 Å². The highest BCUT2D eigenvalue weighted by atomic mass is 19.1. The van der Waals surface area contributed by atoms with Crippen molar-refractivity contribution < 1.29 is 9.18 Å². The third kappa shape index (κ3) is 6.90. The summed E-state index contributed by atoms with van der Waals surface area (Å²) in [5.74, 6) is 0.822. The first-order valence-corrected chi connectivity index (χ1v) is 12.5. The van der Waals surface area contributed by atoms with Gasteiger partial charge in [0.25, 0.3) is 0 Å². The molecular formula is C26H37FN6O. The zero-order chi connectivity index (χ0) is 23.8. The van der Waals surface area contributed by atoms with Crippen molar-refractivity contribution in [1.29, 1.82) is 0 Å². The highest BCUT2D eigenvalue weighted by Gasteiger charge is 2.25. The lowest BCUT2D eigenvalue weighted by Crippen LogP contribution is -2.38. The summed E-state index contributed by atoms with van der Waals surface area (Å²) in [6, 6.07) is 11.2. The van der Waals surface area contributed by atoms with Crippen LogP contribution in [-0.2, 0) is 6.54 Å². The predicted molar refractivity (Wildman–Crippen MR) is 133 cm³/mol. The highest BCUT2D eigenvalue weighted by molar-refractivity contribution is 5.73. The summed E-state index contributed by atoms with van der Waals surface area (Å²) < 4.78 is 13.5. The number of amides is 2. The normalized spacial score (nSPS) is 20.7. The predicted octanol–water partition coefficient (Wildman–Crippen LogP) is 4.13. The van der Waals surface area contributed by atoms with Crippen LogP contribution in [0.15, 0.2) is 42.6 Å². The number of rotatable bonds is 8. The van der Waals surface area contributed by atoms with E-state index in [2.05, 4.69) is 38.2 Å². The topological polar surface area (TPSA) is 72.5 Å². The molecule has 3 heterocycles. The number of urea groups is 1. The molecule has 2 unspecified atom stereocenters. The minimum Gasteiger partial charge on any atom is -0.357 e. The average molecular weight is 469 g/mol. The molecule has 1 aromatic carbocycles. The molecule has 0 aliphatic carbocycles. The van der Waals surface area contributed by atoms with Gasteiger partial charge in [0.1, 0.15) is 11.6 Å². The van der Waals surface area contributed by atoms with Crippen LogP contribution in [0.4, 0.5) is 15.0 Å². The molecule has 34 heavy (non-hydrogen) atoms. The summed E-state index contributed by atoms with van der Waals surface area (Å²) in [5, 5.41) is 2.99. The van der Waals surface area contributed by atoms with Crippen molar-refractivity contribution in [1.82, 2.24) is 26.1 Å². The number of carbonyl (C=O) groups is 1. The molecule has 3 N–H and O–H groups in total. The maximum atomic E-state index is 13.5. The van der Waals surface area contributed by atoms with Gasteiger partial charge in [-0.2, -0.15) is 0 Å². The second kappa shape index (κ2) is 12.1. The number of halogens is 1. The average Bonchev–Trinajstić information content (AvgIpc) is 3.16. The number of carbonyl (C=O) groups excluding carboxylic acids is 1. The number of pyridine rings is 1. The number of anilines is 1. The van der Waals surface area contributed by atoms with Crippen molar-refractivity contribution in [3.63, 3.8) is 0 Å². The van der Waals surface area contributed by atoms with E-state index in [-0.39, 0.29) is 17.9 Å². The molecule has 2 fully saturated rings. The Labute approximate surface area is 202 Å². The van der Waals surface area contributed by atoms with Crippen molar-refractivity contribution >= 4 is 11.8 Å². The number of hydrogen-bond donors (Lipinski definition) is 3. The molecule has 2 amide bonds. The van der Waals surface area contributed by atoms with Gasteiger partial charge in [-0.15, -0.1) is 0 Å². The zero-order valence-corrected chi connectivity index (χ0v) is 20.1. The molecule has 0 spiro atoms. The quantitative estimate of drug-likeness (QED) is 0.543. The molecular weight excluding hydrogens is 431 g/mol. The molecule has 2 aliphatic heterocycles. The van der Waals surface area contributed by atoms with Gasteiger partial charge in [-0.1, -0.05) is 31.0 Å². The van der Waals surface area contributed by atoms with E-state index in [0.717, 1.165) is 49.3 Å². The van der Waals surface area contributed by atoms with Gasteiger partial charge in [0, 0.05) is 51.5 Å². The number of nitrogens with zero attached hydrogens (tertiary/aromatic N) is 3. The van der Waals surface area contributed by atoms with Gasteiger partial charge in [-0.3, -0.25) is 10.9 Å². The molecule has 2 aromatic rings. The lowest BCUT2D eigenvalue weighted by Gasteiger charge is -2.21. The van der Waals surface area contributed by atoms with E-state index >= 15 is 0 Å². The fourth-order valence-electron chi connectivity index (χ4n) is 4.75. The summed E-state index contributed by atoms with van der Waals surface area (Å²) in [6.45, 7) is 3.30. The second-order valence-corrected chi connectivity index (χ2v) is 9.48. The Bertz CT molecular complexity index is 916. The lowest BCUT2D eigenvalue weighted by atomic mass is 9.99. The van der Waals surface area contributed by atoms with Crippen molar-refractivity contribution in [3.05, 3.63) is 59.5 Å². The number of nitrogens with one attached hydrogen (secondary N) is 3. The fraction of sp³-hybridized carbons (Fsp3) is 0.538. The summed E-state index contributed by atoms with van der Waals surface area (Å²) in [4.78, 5) is 21.2. The molecule has 0 bridgehead atoms. The summed E-state index contributed by atoms with van der Waals surface area (Å²) in [7, 11) is 1.83. The highest BCUT2D eigenvalue weighted by Crippen LogP contribution is 2.24. The first-order valence-electron chi connectivity index (χ1n) is 12.5. The number of hydrogen-bond acceptors (Lipinski definition) is 5. The van der Waals surface area contributed by atoms with Gasteiger partial charge >= 0.3 is 6.03 Å². The summed E-state index contributed by atoms with van der Waals surface area (Å²) in [5.41, 5.74) is 8.53. The van der Waals surface area contributed by atoms with Crippen molar-refractivity contribution in [2.24, 2.45) is 0 Å². The van der Waals surface area contributed by atoms with E-state index < -0.39 is 0 Å². The van der Waals surface area contributed by atoms with Crippen LogP contribution in [0.1, 0.15) is 62.1 Å². The zero-order valence-electron chi connectivity index (χ0n) is 20.1. The molecule has 2 aliphatic rings. The van der Waals surface area contributed by atoms with Gasteiger partial charge in [0.05, 0.1) is 0 Å². The Morgan fingerprint density at radius 1 is 1.18 bits per heavy atom. The van der Waals surface area contributed by atoms with Gasteiger partial charge < -0.3 is 15.1 Å². The molecule has 2 saturated heterocycles. The molecule has 2 atom stereocenters. The van der Waals surface area contributed by atoms with E-state index in [1.165, 1.54) is 31.7 Å². The van der Waals surface area contributed by atoms with Gasteiger partial charge in [-0.25, -0.2) is 14.2 Å². The van der Waals surface area contributed by atoms with Crippen molar-refractivity contribution in [3.8, 4) is 0 Å². The van der Waals surface area contributed by atoms with E-state index in [1.54, 1.807) is 17.0 Å². The Morgan fingerprint density at radius 2 is 2.00 bits per heavy atom. The number of aromatic nitrogens is 1. The van der Waals surface area contributed by atoms with E-state index in [4.69, 9.17) is 0 Å². The Hall–Kier alpha value is -2.71. The molecule has 184 valence electrons.